The average Bonchev–Trinajstić information content (AvgIpc) is 3.25. The van der Waals surface area contributed by atoms with Gasteiger partial charge < -0.3 is 4.90 Å². The lowest BCUT2D eigenvalue weighted by Crippen LogP contribution is -2.42. The van der Waals surface area contributed by atoms with Gasteiger partial charge in [0, 0.05) is 26.0 Å². The Hall–Kier alpha value is -2.50. The zero-order chi connectivity index (χ0) is 16.8. The fourth-order valence-electron chi connectivity index (χ4n) is 4.23. The molecule has 0 aromatic carbocycles. The summed E-state index contributed by atoms with van der Waals surface area (Å²) in [7, 11) is 1.68. The molecule has 0 N–H and O–H groups in total. The van der Waals surface area contributed by atoms with E-state index in [0.29, 0.717) is 6.54 Å². The van der Waals surface area contributed by atoms with Gasteiger partial charge in [-0.05, 0) is 36.0 Å². The number of likely N-dealkylation sites (N-methyl/N-ethyl adjacent to an activating group) is 1. The van der Waals surface area contributed by atoms with Crippen LogP contribution in [0.15, 0.2) is 36.7 Å². The van der Waals surface area contributed by atoms with Crippen LogP contribution in [-0.2, 0) is 20.9 Å². The van der Waals surface area contributed by atoms with E-state index in [9.17, 15) is 14.4 Å². The smallest absolute Gasteiger partial charge is 0.242 e. The van der Waals surface area contributed by atoms with Gasteiger partial charge in [-0.3, -0.25) is 24.3 Å². The third kappa shape index (κ3) is 2.25. The molecule has 2 fully saturated rings. The van der Waals surface area contributed by atoms with Crippen molar-refractivity contribution in [3.05, 3.63) is 42.2 Å². The molecular formula is C18H19N3O3. The number of carbonyl (C=O) groups excluding carboxylic acids is 3. The zero-order valence-electron chi connectivity index (χ0n) is 13.5. The highest BCUT2D eigenvalue weighted by Gasteiger charge is 2.59. The van der Waals surface area contributed by atoms with Gasteiger partial charge in [0.15, 0.2) is 0 Å². The number of hydrogen-bond acceptors (Lipinski definition) is 4. The zero-order valence-corrected chi connectivity index (χ0v) is 13.5. The molecule has 4 atom stereocenters. The van der Waals surface area contributed by atoms with E-state index in [2.05, 4.69) is 17.1 Å². The highest BCUT2D eigenvalue weighted by Crippen LogP contribution is 2.52. The van der Waals surface area contributed by atoms with Crippen LogP contribution in [0.4, 0.5) is 0 Å². The maximum Gasteiger partial charge on any atom is 0.242 e. The largest absolute Gasteiger partial charge is 0.340 e. The van der Waals surface area contributed by atoms with Crippen LogP contribution in [0, 0.1) is 23.7 Å². The van der Waals surface area contributed by atoms with Crippen molar-refractivity contribution in [2.24, 2.45) is 23.7 Å². The second-order valence-corrected chi connectivity index (χ2v) is 6.87. The number of fused-ring (bicyclic) bond motifs is 5. The van der Waals surface area contributed by atoms with E-state index in [1.807, 2.05) is 12.1 Å². The number of carbonyl (C=O) groups is 3. The van der Waals surface area contributed by atoms with E-state index in [0.717, 1.165) is 12.0 Å². The van der Waals surface area contributed by atoms with Gasteiger partial charge in [0.2, 0.25) is 17.7 Å². The molecule has 4 rings (SSSR count). The van der Waals surface area contributed by atoms with Crippen LogP contribution in [0.25, 0.3) is 0 Å². The topological polar surface area (TPSA) is 70.6 Å². The number of allylic oxidation sites excluding steroid dienone is 2. The Bertz CT molecular complexity index is 700. The van der Waals surface area contributed by atoms with E-state index in [1.165, 1.54) is 9.80 Å². The maximum absolute atomic E-state index is 12.6. The number of nitrogens with zero attached hydrogens (tertiary/aromatic N) is 3. The van der Waals surface area contributed by atoms with Gasteiger partial charge >= 0.3 is 0 Å². The van der Waals surface area contributed by atoms with Gasteiger partial charge in [-0.1, -0.05) is 12.2 Å². The summed E-state index contributed by atoms with van der Waals surface area (Å²) in [6.07, 6.45) is 8.35. The summed E-state index contributed by atoms with van der Waals surface area (Å²) in [5, 5.41) is 0. The lowest BCUT2D eigenvalue weighted by Gasteiger charge is -2.22. The molecule has 1 saturated heterocycles. The molecule has 2 heterocycles. The first-order valence-corrected chi connectivity index (χ1v) is 8.22. The SMILES string of the molecule is CN(Cc1ccncc1)C(=O)CN1C(=O)[C@@H]2[C@H](C1=O)[C@H]1C=C[C@H]2C1. The summed E-state index contributed by atoms with van der Waals surface area (Å²) >= 11 is 0. The van der Waals surface area contributed by atoms with Crippen molar-refractivity contribution in [2.75, 3.05) is 13.6 Å². The number of hydrogen-bond donors (Lipinski definition) is 0. The van der Waals surface area contributed by atoms with Gasteiger partial charge in [-0.15, -0.1) is 0 Å². The van der Waals surface area contributed by atoms with Crippen molar-refractivity contribution in [3.63, 3.8) is 0 Å². The van der Waals surface area contributed by atoms with E-state index in [1.54, 1.807) is 19.4 Å². The summed E-state index contributed by atoms with van der Waals surface area (Å²) in [5.41, 5.74) is 0.957. The highest BCUT2D eigenvalue weighted by atomic mass is 16.2. The Kier molecular flexibility index (Phi) is 3.48. The quantitative estimate of drug-likeness (QED) is 0.608. The maximum atomic E-state index is 12.6. The van der Waals surface area contributed by atoms with Crippen LogP contribution in [0.5, 0.6) is 0 Å². The summed E-state index contributed by atoms with van der Waals surface area (Å²) in [6, 6.07) is 3.67. The summed E-state index contributed by atoms with van der Waals surface area (Å²) in [5.74, 6) is -0.720. The Morgan fingerprint density at radius 2 is 1.75 bits per heavy atom. The van der Waals surface area contributed by atoms with Crippen molar-refractivity contribution < 1.29 is 14.4 Å². The molecule has 6 heteroatoms. The van der Waals surface area contributed by atoms with Crippen LogP contribution in [0.3, 0.4) is 0 Å². The normalized spacial score (nSPS) is 30.1. The van der Waals surface area contributed by atoms with Crippen molar-refractivity contribution >= 4 is 17.7 Å². The minimum atomic E-state index is -0.245. The lowest BCUT2D eigenvalue weighted by molar-refractivity contribution is -0.146. The first-order chi connectivity index (χ1) is 11.6. The number of rotatable bonds is 4. The first-order valence-electron chi connectivity index (χ1n) is 8.22. The molecule has 6 nitrogen and oxygen atoms in total. The first kappa shape index (κ1) is 15.1. The van der Waals surface area contributed by atoms with E-state index in [4.69, 9.17) is 0 Å². The molecule has 2 aliphatic carbocycles. The molecule has 24 heavy (non-hydrogen) atoms. The minimum absolute atomic E-state index is 0.161. The summed E-state index contributed by atoms with van der Waals surface area (Å²) in [4.78, 5) is 44.3. The molecule has 1 aliphatic heterocycles. The van der Waals surface area contributed by atoms with Gasteiger partial charge in [-0.25, -0.2) is 0 Å². The predicted octanol–water partition coefficient (Wildman–Crippen LogP) is 0.847. The summed E-state index contributed by atoms with van der Waals surface area (Å²) < 4.78 is 0. The van der Waals surface area contributed by atoms with Crippen LogP contribution < -0.4 is 0 Å². The minimum Gasteiger partial charge on any atom is -0.340 e. The molecule has 0 spiro atoms. The summed E-state index contributed by atoms with van der Waals surface area (Å²) in [6.45, 7) is 0.267. The van der Waals surface area contributed by atoms with E-state index >= 15 is 0 Å². The second kappa shape index (κ2) is 5.54. The predicted molar refractivity (Wildman–Crippen MR) is 85.1 cm³/mol. The molecular weight excluding hydrogens is 306 g/mol. The van der Waals surface area contributed by atoms with Gasteiger partial charge in [0.25, 0.3) is 0 Å². The average molecular weight is 325 g/mol. The fraction of sp³-hybridized carbons (Fsp3) is 0.444. The highest BCUT2D eigenvalue weighted by molar-refractivity contribution is 6.08. The fourth-order valence-corrected chi connectivity index (χ4v) is 4.23. The Balaban J connectivity index is 1.43. The monoisotopic (exact) mass is 325 g/mol. The Morgan fingerprint density at radius 1 is 1.17 bits per heavy atom. The van der Waals surface area contributed by atoms with E-state index < -0.39 is 0 Å². The third-order valence-corrected chi connectivity index (χ3v) is 5.45. The molecule has 0 radical (unpaired) electrons. The van der Waals surface area contributed by atoms with Gasteiger partial charge in [-0.2, -0.15) is 0 Å². The van der Waals surface area contributed by atoms with Crippen molar-refractivity contribution in [3.8, 4) is 0 Å². The van der Waals surface area contributed by atoms with Crippen molar-refractivity contribution in [2.45, 2.75) is 13.0 Å². The van der Waals surface area contributed by atoms with Crippen LogP contribution in [0.1, 0.15) is 12.0 Å². The number of pyridine rings is 1. The molecule has 3 aliphatic rings. The number of aromatic nitrogens is 1. The standard InChI is InChI=1S/C18H19N3O3/c1-20(9-11-4-6-19-7-5-11)14(22)10-21-17(23)15-12-2-3-13(8-12)16(15)18(21)24/h2-7,12-13,15-16H,8-10H2,1H3/t12-,13-,15-,16+/m0/s1. The molecule has 2 bridgehead atoms. The number of imide groups is 1. The lowest BCUT2D eigenvalue weighted by atomic mass is 9.85. The van der Waals surface area contributed by atoms with Crippen LogP contribution in [0.2, 0.25) is 0 Å². The molecule has 1 saturated carbocycles. The molecule has 1 aromatic rings. The molecule has 124 valence electrons. The Morgan fingerprint density at radius 3 is 2.33 bits per heavy atom. The second-order valence-electron chi connectivity index (χ2n) is 6.87. The Labute approximate surface area is 140 Å². The van der Waals surface area contributed by atoms with Crippen LogP contribution >= 0.6 is 0 Å². The van der Waals surface area contributed by atoms with Crippen LogP contribution in [-0.4, -0.2) is 46.1 Å². The van der Waals surface area contributed by atoms with Crippen molar-refractivity contribution in [1.29, 1.82) is 0 Å². The third-order valence-electron chi connectivity index (χ3n) is 5.45. The van der Waals surface area contributed by atoms with Gasteiger partial charge in [0.1, 0.15) is 6.54 Å². The molecule has 3 amide bonds. The van der Waals surface area contributed by atoms with E-state index in [-0.39, 0.29) is 47.9 Å². The van der Waals surface area contributed by atoms with Crippen molar-refractivity contribution in [1.82, 2.24) is 14.8 Å². The molecule has 0 unspecified atom stereocenters. The number of amides is 3. The number of likely N-dealkylation sites (tertiary alicyclic amines) is 1. The molecule has 1 aromatic heterocycles. The van der Waals surface area contributed by atoms with Gasteiger partial charge in [0.05, 0.1) is 11.8 Å².